The van der Waals surface area contributed by atoms with E-state index < -0.39 is 0 Å². The van der Waals surface area contributed by atoms with Gasteiger partial charge in [-0.25, -0.2) is 4.98 Å². The van der Waals surface area contributed by atoms with E-state index in [1.54, 1.807) is 18.2 Å². The molecule has 1 saturated heterocycles. The molecule has 0 saturated carbocycles. The molecule has 134 valence electrons. The minimum absolute atomic E-state index is 0.462. The molecule has 2 aromatic rings. The molecule has 2 N–H and O–H groups in total. The number of para-hydroxylation sites is 1. The number of hydrogen-bond donors (Lipinski definition) is 2. The number of ether oxygens (including phenoxy) is 1. The van der Waals surface area contributed by atoms with Crippen LogP contribution >= 0.6 is 23.2 Å². The Hall–Kier alpha value is -1.60. The maximum atomic E-state index is 6.19. The Morgan fingerprint density at radius 2 is 1.88 bits per heavy atom. The van der Waals surface area contributed by atoms with Crippen LogP contribution in [-0.2, 0) is 4.74 Å². The molecule has 0 bridgehead atoms. The Morgan fingerprint density at radius 3 is 2.60 bits per heavy atom. The summed E-state index contributed by atoms with van der Waals surface area (Å²) in [6.07, 6.45) is 0. The lowest BCUT2D eigenvalue weighted by Crippen LogP contribution is -2.39. The fourth-order valence-electron chi connectivity index (χ4n) is 2.61. The average molecular weight is 382 g/mol. The maximum Gasteiger partial charge on any atom is 0.229 e. The number of hydrogen-bond acceptors (Lipinski definition) is 6. The van der Waals surface area contributed by atoms with Crippen LogP contribution in [0.2, 0.25) is 10.0 Å². The highest BCUT2D eigenvalue weighted by atomic mass is 35.5. The molecule has 6 nitrogen and oxygen atoms in total. The van der Waals surface area contributed by atoms with E-state index in [4.69, 9.17) is 27.9 Å². The highest BCUT2D eigenvalue weighted by Crippen LogP contribution is 2.31. The maximum absolute atomic E-state index is 6.19. The van der Waals surface area contributed by atoms with E-state index >= 15 is 0 Å². The van der Waals surface area contributed by atoms with E-state index in [9.17, 15) is 0 Å². The van der Waals surface area contributed by atoms with E-state index in [2.05, 4.69) is 25.5 Å². The standard InChI is InChI=1S/C17H21Cl2N5O/c1-12-11-15(20-5-6-24-7-9-25-10-8-24)22-17(21-12)23-16-13(18)3-2-4-14(16)19/h2-4,11H,5-10H2,1H3,(H2,20,21,22,23). The third-order valence-corrected chi connectivity index (χ3v) is 4.52. The van der Waals surface area contributed by atoms with Crippen LogP contribution in [-0.4, -0.2) is 54.3 Å². The van der Waals surface area contributed by atoms with Crippen molar-refractivity contribution in [2.24, 2.45) is 0 Å². The van der Waals surface area contributed by atoms with Gasteiger partial charge in [-0.05, 0) is 19.1 Å². The Kier molecular flexibility index (Phi) is 6.31. The minimum Gasteiger partial charge on any atom is -0.379 e. The van der Waals surface area contributed by atoms with Crippen LogP contribution in [0.5, 0.6) is 0 Å². The first-order valence-electron chi connectivity index (χ1n) is 8.22. The van der Waals surface area contributed by atoms with Gasteiger partial charge in [-0.2, -0.15) is 4.98 Å². The Morgan fingerprint density at radius 1 is 1.16 bits per heavy atom. The molecule has 0 radical (unpaired) electrons. The van der Waals surface area contributed by atoms with Crippen LogP contribution in [0.3, 0.4) is 0 Å². The summed E-state index contributed by atoms with van der Waals surface area (Å²) in [7, 11) is 0. The summed E-state index contributed by atoms with van der Waals surface area (Å²) in [6, 6.07) is 7.25. The van der Waals surface area contributed by atoms with Gasteiger partial charge in [-0.3, -0.25) is 4.90 Å². The van der Waals surface area contributed by atoms with Gasteiger partial charge in [-0.15, -0.1) is 0 Å². The molecular weight excluding hydrogens is 361 g/mol. The van der Waals surface area contributed by atoms with Crippen LogP contribution < -0.4 is 10.6 Å². The van der Waals surface area contributed by atoms with Gasteiger partial charge in [0, 0.05) is 37.9 Å². The molecule has 2 heterocycles. The van der Waals surface area contributed by atoms with Gasteiger partial charge in [-0.1, -0.05) is 29.3 Å². The zero-order valence-corrected chi connectivity index (χ0v) is 15.6. The molecule has 0 amide bonds. The Bertz CT molecular complexity index is 702. The SMILES string of the molecule is Cc1cc(NCCN2CCOCC2)nc(Nc2c(Cl)cccc2Cl)n1. The second-order valence-corrected chi connectivity index (χ2v) is 6.64. The fourth-order valence-corrected chi connectivity index (χ4v) is 3.10. The summed E-state index contributed by atoms with van der Waals surface area (Å²) in [4.78, 5) is 11.3. The number of halogens is 2. The van der Waals surface area contributed by atoms with Gasteiger partial charge in [0.15, 0.2) is 0 Å². The molecule has 3 rings (SSSR count). The number of aromatic nitrogens is 2. The van der Waals surface area contributed by atoms with Gasteiger partial charge >= 0.3 is 0 Å². The van der Waals surface area contributed by atoms with Crippen molar-refractivity contribution in [1.82, 2.24) is 14.9 Å². The number of morpholine rings is 1. The van der Waals surface area contributed by atoms with Crippen LogP contribution in [0.15, 0.2) is 24.3 Å². The molecule has 1 aliphatic rings. The van der Waals surface area contributed by atoms with Gasteiger partial charge in [0.25, 0.3) is 0 Å². The van der Waals surface area contributed by atoms with Crippen LogP contribution in [0.1, 0.15) is 5.69 Å². The number of aryl methyl sites for hydroxylation is 1. The normalized spacial score (nSPS) is 15.2. The quantitative estimate of drug-likeness (QED) is 0.797. The largest absolute Gasteiger partial charge is 0.379 e. The highest BCUT2D eigenvalue weighted by molar-refractivity contribution is 6.39. The van der Waals surface area contributed by atoms with Gasteiger partial charge < -0.3 is 15.4 Å². The number of rotatable bonds is 6. The van der Waals surface area contributed by atoms with Crippen molar-refractivity contribution in [2.75, 3.05) is 50.0 Å². The van der Waals surface area contributed by atoms with E-state index in [0.29, 0.717) is 21.7 Å². The molecule has 0 spiro atoms. The molecule has 1 aromatic heterocycles. The summed E-state index contributed by atoms with van der Waals surface area (Å²) in [6.45, 7) is 7.24. The molecule has 1 aromatic carbocycles. The molecule has 8 heteroatoms. The Balaban J connectivity index is 1.64. The first-order valence-corrected chi connectivity index (χ1v) is 8.98. The minimum atomic E-state index is 0.462. The third kappa shape index (κ3) is 5.19. The molecule has 1 aliphatic heterocycles. The van der Waals surface area contributed by atoms with Crippen LogP contribution in [0.4, 0.5) is 17.5 Å². The van der Waals surface area contributed by atoms with Crippen molar-refractivity contribution in [3.8, 4) is 0 Å². The van der Waals surface area contributed by atoms with E-state index in [1.807, 2.05) is 13.0 Å². The predicted molar refractivity (Wildman–Crippen MR) is 102 cm³/mol. The topological polar surface area (TPSA) is 62.3 Å². The summed E-state index contributed by atoms with van der Waals surface area (Å²) in [5, 5.41) is 7.51. The second-order valence-electron chi connectivity index (χ2n) is 5.82. The summed E-state index contributed by atoms with van der Waals surface area (Å²) < 4.78 is 5.36. The van der Waals surface area contributed by atoms with Crippen LogP contribution in [0, 0.1) is 6.92 Å². The first kappa shape index (κ1) is 18.2. The number of nitrogens with zero attached hydrogens (tertiary/aromatic N) is 3. The molecule has 0 unspecified atom stereocenters. The Labute approximate surface area is 157 Å². The number of benzene rings is 1. The van der Waals surface area contributed by atoms with Gasteiger partial charge in [0.2, 0.25) is 5.95 Å². The fraction of sp³-hybridized carbons (Fsp3) is 0.412. The third-order valence-electron chi connectivity index (χ3n) is 3.89. The van der Waals surface area contributed by atoms with Gasteiger partial charge in [0.1, 0.15) is 5.82 Å². The first-order chi connectivity index (χ1) is 12.1. The molecule has 0 aliphatic carbocycles. The van der Waals surface area contributed by atoms with Crippen molar-refractivity contribution >= 4 is 40.7 Å². The predicted octanol–water partition coefficient (Wildman–Crippen LogP) is 3.58. The van der Waals surface area contributed by atoms with E-state index in [-0.39, 0.29) is 0 Å². The lowest BCUT2D eigenvalue weighted by Gasteiger charge is -2.26. The van der Waals surface area contributed by atoms with Crippen molar-refractivity contribution in [2.45, 2.75) is 6.92 Å². The lowest BCUT2D eigenvalue weighted by molar-refractivity contribution is 0.0398. The number of anilines is 3. The summed E-state index contributed by atoms with van der Waals surface area (Å²) >= 11 is 12.4. The monoisotopic (exact) mass is 381 g/mol. The van der Waals surface area contributed by atoms with Crippen molar-refractivity contribution < 1.29 is 4.74 Å². The van der Waals surface area contributed by atoms with Crippen molar-refractivity contribution in [3.63, 3.8) is 0 Å². The molecular formula is C17H21Cl2N5O. The van der Waals surface area contributed by atoms with Crippen LogP contribution in [0.25, 0.3) is 0 Å². The smallest absolute Gasteiger partial charge is 0.229 e. The number of nitrogens with one attached hydrogen (secondary N) is 2. The molecule has 0 atom stereocenters. The second kappa shape index (κ2) is 8.67. The zero-order valence-electron chi connectivity index (χ0n) is 14.1. The van der Waals surface area contributed by atoms with Crippen molar-refractivity contribution in [3.05, 3.63) is 40.0 Å². The van der Waals surface area contributed by atoms with Gasteiger partial charge in [0.05, 0.1) is 28.9 Å². The highest BCUT2D eigenvalue weighted by Gasteiger charge is 2.11. The zero-order chi connectivity index (χ0) is 17.6. The average Bonchev–Trinajstić information content (AvgIpc) is 2.59. The summed E-state index contributed by atoms with van der Waals surface area (Å²) in [5.74, 6) is 1.23. The van der Waals surface area contributed by atoms with Crippen molar-refractivity contribution in [1.29, 1.82) is 0 Å². The van der Waals surface area contributed by atoms with E-state index in [1.165, 1.54) is 0 Å². The van der Waals surface area contributed by atoms with E-state index in [0.717, 1.165) is 50.9 Å². The molecule has 25 heavy (non-hydrogen) atoms. The summed E-state index contributed by atoms with van der Waals surface area (Å²) in [5.41, 5.74) is 1.46. The molecule has 1 fully saturated rings. The lowest BCUT2D eigenvalue weighted by atomic mass is 10.3.